The summed E-state index contributed by atoms with van der Waals surface area (Å²) in [5.41, 5.74) is 0. The number of rotatable bonds is 6. The van der Waals surface area contributed by atoms with E-state index in [9.17, 15) is 4.79 Å². The van der Waals surface area contributed by atoms with E-state index in [1.165, 1.54) is 7.11 Å². The molecule has 0 saturated heterocycles. The van der Waals surface area contributed by atoms with E-state index in [0.717, 1.165) is 23.6 Å². The number of esters is 1. The van der Waals surface area contributed by atoms with Crippen molar-refractivity contribution >= 4 is 28.3 Å². The highest BCUT2D eigenvalue weighted by Crippen LogP contribution is 2.32. The third kappa shape index (κ3) is 3.67. The molecule has 2 aromatic carbocycles. The number of methoxy groups -OCH3 is 1. The van der Waals surface area contributed by atoms with E-state index in [1.54, 1.807) is 12.1 Å². The van der Waals surface area contributed by atoms with Crippen LogP contribution < -0.4 is 4.74 Å². The second-order valence-corrected chi connectivity index (χ2v) is 5.27. The van der Waals surface area contributed by atoms with Crippen molar-refractivity contribution in [1.82, 2.24) is 0 Å². The van der Waals surface area contributed by atoms with Crippen LogP contribution in [0.4, 0.5) is 0 Å². The Hall–Kier alpha value is -1.74. The van der Waals surface area contributed by atoms with Gasteiger partial charge in [0.25, 0.3) is 0 Å². The Morgan fingerprint density at radius 1 is 1.19 bits per heavy atom. The number of hydrogen-bond donors (Lipinski definition) is 0. The van der Waals surface area contributed by atoms with Crippen LogP contribution in [0.3, 0.4) is 0 Å². The van der Waals surface area contributed by atoms with Gasteiger partial charge in [0.1, 0.15) is 5.75 Å². The van der Waals surface area contributed by atoms with Gasteiger partial charge in [-0.2, -0.15) is 0 Å². The van der Waals surface area contributed by atoms with Crippen molar-refractivity contribution in [2.24, 2.45) is 0 Å². The van der Waals surface area contributed by atoms with Crippen molar-refractivity contribution in [1.29, 1.82) is 0 Å². The summed E-state index contributed by atoms with van der Waals surface area (Å²) in [7, 11) is 1.38. The number of hydrogen-bond acceptors (Lipinski definition) is 3. The first-order chi connectivity index (χ1) is 10.2. The molecule has 0 heterocycles. The molecule has 0 saturated carbocycles. The van der Waals surface area contributed by atoms with E-state index in [0.29, 0.717) is 17.2 Å². The minimum absolute atomic E-state index is 0.345. The summed E-state index contributed by atoms with van der Waals surface area (Å²) in [6.45, 7) is 2.08. The van der Waals surface area contributed by atoms with Gasteiger partial charge in [-0.05, 0) is 25.0 Å². The van der Waals surface area contributed by atoms with Gasteiger partial charge in [-0.15, -0.1) is 0 Å². The van der Waals surface area contributed by atoms with Gasteiger partial charge in [0.15, 0.2) is 6.10 Å². The predicted molar refractivity (Wildman–Crippen MR) is 84.9 cm³/mol. The lowest BCUT2D eigenvalue weighted by atomic mass is 10.1. The number of unbranched alkanes of at least 4 members (excludes halogenated alkanes) is 1. The number of carbonyl (C=O) groups is 1. The van der Waals surface area contributed by atoms with Crippen LogP contribution in [0, 0.1) is 0 Å². The fourth-order valence-electron chi connectivity index (χ4n) is 2.24. The van der Waals surface area contributed by atoms with Crippen LogP contribution in [0.5, 0.6) is 5.75 Å². The second-order valence-electron chi connectivity index (χ2n) is 4.86. The number of carbonyl (C=O) groups excluding carboxylic acids is 1. The molecule has 3 nitrogen and oxygen atoms in total. The van der Waals surface area contributed by atoms with Crippen molar-refractivity contribution in [2.45, 2.75) is 32.3 Å². The van der Waals surface area contributed by atoms with Crippen molar-refractivity contribution in [3.8, 4) is 5.75 Å². The molecule has 2 rings (SSSR count). The van der Waals surface area contributed by atoms with Gasteiger partial charge in [-0.3, -0.25) is 0 Å². The summed E-state index contributed by atoms with van der Waals surface area (Å²) in [6, 6.07) is 11.3. The number of fused-ring (bicyclic) bond motifs is 1. The van der Waals surface area contributed by atoms with Crippen LogP contribution in [-0.4, -0.2) is 19.2 Å². The quantitative estimate of drug-likeness (QED) is 0.731. The van der Waals surface area contributed by atoms with Crippen molar-refractivity contribution in [3.05, 3.63) is 41.4 Å². The molecule has 0 aliphatic rings. The molecule has 0 spiro atoms. The van der Waals surface area contributed by atoms with Gasteiger partial charge in [-0.25, -0.2) is 4.79 Å². The van der Waals surface area contributed by atoms with Gasteiger partial charge >= 0.3 is 5.97 Å². The first-order valence-electron chi connectivity index (χ1n) is 7.09. The minimum Gasteiger partial charge on any atom is -0.478 e. The molecular weight excluding hydrogens is 288 g/mol. The highest BCUT2D eigenvalue weighted by molar-refractivity contribution is 6.35. The minimum atomic E-state index is -0.584. The van der Waals surface area contributed by atoms with Gasteiger partial charge < -0.3 is 9.47 Å². The van der Waals surface area contributed by atoms with E-state index in [1.807, 2.05) is 24.3 Å². The number of halogens is 1. The maximum absolute atomic E-state index is 11.9. The predicted octanol–water partition coefficient (Wildman–Crippen LogP) is 4.60. The van der Waals surface area contributed by atoms with Crippen LogP contribution in [0.1, 0.15) is 26.2 Å². The zero-order chi connectivity index (χ0) is 15.2. The summed E-state index contributed by atoms with van der Waals surface area (Å²) in [5.74, 6) is 0.309. The Kier molecular flexibility index (Phi) is 5.45. The molecule has 0 aliphatic heterocycles. The molecule has 21 heavy (non-hydrogen) atoms. The molecule has 0 bridgehead atoms. The number of ether oxygens (including phenoxy) is 2. The van der Waals surface area contributed by atoms with Crippen LogP contribution >= 0.6 is 11.6 Å². The summed E-state index contributed by atoms with van der Waals surface area (Å²) in [6.07, 6.45) is 1.96. The average Bonchev–Trinajstić information content (AvgIpc) is 2.53. The maximum atomic E-state index is 11.9. The Labute approximate surface area is 129 Å². The number of benzene rings is 2. The van der Waals surface area contributed by atoms with E-state index in [4.69, 9.17) is 21.1 Å². The monoisotopic (exact) mass is 306 g/mol. The Morgan fingerprint density at radius 2 is 1.90 bits per heavy atom. The standard InChI is InChI=1S/C17H19ClO3/c1-3-4-9-16(17(19)20-2)21-15-11-10-14(18)12-7-5-6-8-13(12)15/h5-8,10-11,16H,3-4,9H2,1-2H3. The zero-order valence-corrected chi connectivity index (χ0v) is 13.0. The van der Waals surface area contributed by atoms with E-state index in [-0.39, 0.29) is 5.97 Å². The lowest BCUT2D eigenvalue weighted by Gasteiger charge is -2.18. The first-order valence-corrected chi connectivity index (χ1v) is 7.47. The van der Waals surface area contributed by atoms with Crippen molar-refractivity contribution in [2.75, 3.05) is 7.11 Å². The molecule has 4 heteroatoms. The molecule has 112 valence electrons. The maximum Gasteiger partial charge on any atom is 0.347 e. The fourth-order valence-corrected chi connectivity index (χ4v) is 2.46. The second kappa shape index (κ2) is 7.32. The van der Waals surface area contributed by atoms with Gasteiger partial charge in [0.05, 0.1) is 7.11 Å². The molecule has 1 atom stereocenters. The highest BCUT2D eigenvalue weighted by Gasteiger charge is 2.21. The van der Waals surface area contributed by atoms with Gasteiger partial charge in [-0.1, -0.05) is 49.2 Å². The third-order valence-electron chi connectivity index (χ3n) is 3.38. The van der Waals surface area contributed by atoms with E-state index >= 15 is 0 Å². The molecule has 0 N–H and O–H groups in total. The van der Waals surface area contributed by atoms with Crippen LogP contribution in [0.2, 0.25) is 5.02 Å². The van der Waals surface area contributed by atoms with Gasteiger partial charge in [0, 0.05) is 15.8 Å². The molecular formula is C17H19ClO3. The first kappa shape index (κ1) is 15.6. The molecule has 0 aliphatic carbocycles. The summed E-state index contributed by atoms with van der Waals surface area (Å²) in [5, 5.41) is 2.48. The lowest BCUT2D eigenvalue weighted by Crippen LogP contribution is -2.28. The molecule has 0 fully saturated rings. The van der Waals surface area contributed by atoms with Crippen molar-refractivity contribution in [3.63, 3.8) is 0 Å². The smallest absolute Gasteiger partial charge is 0.347 e. The van der Waals surface area contributed by atoms with Crippen molar-refractivity contribution < 1.29 is 14.3 Å². The Bertz CT molecular complexity index is 624. The molecule has 1 unspecified atom stereocenters. The average molecular weight is 307 g/mol. The molecule has 2 aromatic rings. The molecule has 0 radical (unpaired) electrons. The molecule has 0 aromatic heterocycles. The SMILES string of the molecule is CCCCC(Oc1ccc(Cl)c2ccccc12)C(=O)OC. The Morgan fingerprint density at radius 3 is 2.57 bits per heavy atom. The van der Waals surface area contributed by atoms with Crippen LogP contribution in [0.15, 0.2) is 36.4 Å². The Balaban J connectivity index is 2.32. The normalized spacial score (nSPS) is 12.1. The lowest BCUT2D eigenvalue weighted by molar-refractivity contribution is -0.149. The summed E-state index contributed by atoms with van der Waals surface area (Å²) in [4.78, 5) is 11.9. The third-order valence-corrected chi connectivity index (χ3v) is 3.71. The van der Waals surface area contributed by atoms with Gasteiger partial charge in [0.2, 0.25) is 0 Å². The summed E-state index contributed by atoms with van der Waals surface area (Å²) < 4.78 is 10.7. The van der Waals surface area contributed by atoms with Crippen LogP contribution in [0.25, 0.3) is 10.8 Å². The highest BCUT2D eigenvalue weighted by atomic mass is 35.5. The fraction of sp³-hybridized carbons (Fsp3) is 0.353. The largest absolute Gasteiger partial charge is 0.478 e. The summed E-state index contributed by atoms with van der Waals surface area (Å²) >= 11 is 6.19. The molecule has 0 amide bonds. The van der Waals surface area contributed by atoms with Crippen LogP contribution in [-0.2, 0) is 9.53 Å². The van der Waals surface area contributed by atoms with E-state index in [2.05, 4.69) is 6.92 Å². The van der Waals surface area contributed by atoms with E-state index < -0.39 is 6.10 Å². The zero-order valence-electron chi connectivity index (χ0n) is 12.3. The topological polar surface area (TPSA) is 35.5 Å².